The van der Waals surface area contributed by atoms with Crippen LogP contribution in [0.1, 0.15) is 66.2 Å². The predicted octanol–water partition coefficient (Wildman–Crippen LogP) is 2.96. The maximum atomic E-state index is 12.4. The topological polar surface area (TPSA) is 41.6 Å². The Balaban J connectivity index is 2.73. The third-order valence-electron chi connectivity index (χ3n) is 4.51. The van der Waals surface area contributed by atoms with E-state index in [-0.39, 0.29) is 5.97 Å². The van der Waals surface area contributed by atoms with Gasteiger partial charge in [-0.1, -0.05) is 33.1 Å². The molecule has 4 nitrogen and oxygen atoms in total. The molecule has 1 N–H and O–H groups in total. The molecule has 0 spiro atoms. The molecule has 0 aliphatic heterocycles. The van der Waals surface area contributed by atoms with Crippen LogP contribution in [0, 0.1) is 0 Å². The SMILES string of the molecule is CCCNC(C)(CN(CC)C1CCCCC1)C(=O)OCC. The number of hydrogen-bond acceptors (Lipinski definition) is 4. The molecule has 0 aromatic rings. The summed E-state index contributed by atoms with van der Waals surface area (Å²) in [5.74, 6) is -0.118. The zero-order valence-corrected chi connectivity index (χ0v) is 14.4. The normalized spacial score (nSPS) is 19.5. The Labute approximate surface area is 130 Å². The van der Waals surface area contributed by atoms with Crippen molar-refractivity contribution in [3.05, 3.63) is 0 Å². The van der Waals surface area contributed by atoms with Crippen molar-refractivity contribution in [2.24, 2.45) is 0 Å². The lowest BCUT2D eigenvalue weighted by molar-refractivity contribution is -0.151. The zero-order chi connectivity index (χ0) is 15.7. The summed E-state index contributed by atoms with van der Waals surface area (Å²) in [6.45, 7) is 11.2. The monoisotopic (exact) mass is 298 g/mol. The molecule has 0 bridgehead atoms. The van der Waals surface area contributed by atoms with Gasteiger partial charge in [0.25, 0.3) is 0 Å². The number of esters is 1. The van der Waals surface area contributed by atoms with Gasteiger partial charge in [-0.3, -0.25) is 9.69 Å². The van der Waals surface area contributed by atoms with Gasteiger partial charge in [-0.25, -0.2) is 0 Å². The highest BCUT2D eigenvalue weighted by Gasteiger charge is 2.37. The molecule has 0 aromatic heterocycles. The molecule has 124 valence electrons. The van der Waals surface area contributed by atoms with Crippen LogP contribution in [0.15, 0.2) is 0 Å². The molecule has 0 radical (unpaired) electrons. The van der Waals surface area contributed by atoms with Crippen molar-refractivity contribution >= 4 is 5.97 Å². The summed E-state index contributed by atoms with van der Waals surface area (Å²) in [4.78, 5) is 14.9. The van der Waals surface area contributed by atoms with Gasteiger partial charge >= 0.3 is 5.97 Å². The van der Waals surface area contributed by atoms with Crippen LogP contribution in [0.3, 0.4) is 0 Å². The molecule has 1 atom stereocenters. The van der Waals surface area contributed by atoms with Gasteiger partial charge in [0, 0.05) is 12.6 Å². The second-order valence-corrected chi connectivity index (χ2v) is 6.33. The number of nitrogens with zero attached hydrogens (tertiary/aromatic N) is 1. The number of carbonyl (C=O) groups excluding carboxylic acids is 1. The smallest absolute Gasteiger partial charge is 0.327 e. The van der Waals surface area contributed by atoms with Crippen LogP contribution < -0.4 is 5.32 Å². The van der Waals surface area contributed by atoms with Crippen molar-refractivity contribution in [1.82, 2.24) is 10.2 Å². The van der Waals surface area contributed by atoms with E-state index in [1.54, 1.807) is 0 Å². The molecule has 1 rings (SSSR count). The van der Waals surface area contributed by atoms with E-state index >= 15 is 0 Å². The third-order valence-corrected chi connectivity index (χ3v) is 4.51. The van der Waals surface area contributed by atoms with Gasteiger partial charge in [-0.2, -0.15) is 0 Å². The third kappa shape index (κ3) is 5.59. The largest absolute Gasteiger partial charge is 0.465 e. The number of ether oxygens (including phenoxy) is 1. The van der Waals surface area contributed by atoms with Gasteiger partial charge in [0.1, 0.15) is 5.54 Å². The maximum Gasteiger partial charge on any atom is 0.327 e. The minimum absolute atomic E-state index is 0.118. The fourth-order valence-electron chi connectivity index (χ4n) is 3.24. The summed E-state index contributed by atoms with van der Waals surface area (Å²) >= 11 is 0. The van der Waals surface area contributed by atoms with E-state index in [0.717, 1.165) is 26.1 Å². The van der Waals surface area contributed by atoms with Crippen LogP contribution in [-0.2, 0) is 9.53 Å². The summed E-state index contributed by atoms with van der Waals surface area (Å²) in [6.07, 6.45) is 7.54. The highest BCUT2D eigenvalue weighted by Crippen LogP contribution is 2.24. The van der Waals surface area contributed by atoms with Crippen LogP contribution >= 0.6 is 0 Å². The quantitative estimate of drug-likeness (QED) is 0.665. The molecule has 4 heteroatoms. The van der Waals surface area contributed by atoms with E-state index in [1.807, 2.05) is 13.8 Å². The fraction of sp³-hybridized carbons (Fsp3) is 0.941. The Morgan fingerprint density at radius 1 is 1.24 bits per heavy atom. The summed E-state index contributed by atoms with van der Waals surface area (Å²) in [6, 6.07) is 0.626. The number of nitrogens with one attached hydrogen (secondary N) is 1. The maximum absolute atomic E-state index is 12.4. The van der Waals surface area contributed by atoms with Gasteiger partial charge in [-0.05, 0) is 46.2 Å². The minimum Gasteiger partial charge on any atom is -0.465 e. The number of carbonyl (C=O) groups is 1. The standard InChI is InChI=1S/C17H34N2O2/c1-5-13-18-17(4,16(20)21-7-3)14-19(6-2)15-11-9-8-10-12-15/h15,18H,5-14H2,1-4H3. The Morgan fingerprint density at radius 2 is 1.90 bits per heavy atom. The summed E-state index contributed by atoms with van der Waals surface area (Å²) < 4.78 is 5.31. The molecule has 0 heterocycles. The molecule has 1 unspecified atom stereocenters. The molecule has 0 amide bonds. The molecular weight excluding hydrogens is 264 g/mol. The van der Waals surface area contributed by atoms with Crippen LogP contribution in [-0.4, -0.2) is 48.7 Å². The van der Waals surface area contributed by atoms with E-state index in [9.17, 15) is 4.79 Å². The average Bonchev–Trinajstić information content (AvgIpc) is 2.51. The molecule has 0 aromatic carbocycles. The van der Waals surface area contributed by atoms with Crippen molar-refractivity contribution in [2.75, 3.05) is 26.2 Å². The molecule has 1 fully saturated rings. The van der Waals surface area contributed by atoms with Gasteiger partial charge in [-0.15, -0.1) is 0 Å². The Hall–Kier alpha value is -0.610. The van der Waals surface area contributed by atoms with Gasteiger partial charge in [0.05, 0.1) is 6.61 Å². The second kappa shape index (κ2) is 9.42. The van der Waals surface area contributed by atoms with Crippen molar-refractivity contribution < 1.29 is 9.53 Å². The first-order valence-electron chi connectivity index (χ1n) is 8.73. The van der Waals surface area contributed by atoms with Crippen LogP contribution in [0.25, 0.3) is 0 Å². The van der Waals surface area contributed by atoms with Crippen LogP contribution in [0.4, 0.5) is 0 Å². The summed E-state index contributed by atoms with van der Waals surface area (Å²) in [5, 5.41) is 3.42. The van der Waals surface area contributed by atoms with Crippen LogP contribution in [0.2, 0.25) is 0 Å². The molecule has 1 aliphatic carbocycles. The Bertz CT molecular complexity index is 303. The first-order valence-corrected chi connectivity index (χ1v) is 8.73. The van der Waals surface area contributed by atoms with Crippen molar-refractivity contribution in [1.29, 1.82) is 0 Å². The summed E-state index contributed by atoms with van der Waals surface area (Å²) in [7, 11) is 0. The highest BCUT2D eigenvalue weighted by molar-refractivity contribution is 5.80. The van der Waals surface area contributed by atoms with E-state index in [2.05, 4.69) is 24.1 Å². The lowest BCUT2D eigenvalue weighted by Crippen LogP contribution is -2.59. The Morgan fingerprint density at radius 3 is 2.43 bits per heavy atom. The van der Waals surface area contributed by atoms with Gasteiger partial charge < -0.3 is 10.1 Å². The van der Waals surface area contributed by atoms with E-state index in [0.29, 0.717) is 12.6 Å². The van der Waals surface area contributed by atoms with Crippen LogP contribution in [0.5, 0.6) is 0 Å². The molecule has 0 saturated heterocycles. The highest BCUT2D eigenvalue weighted by atomic mass is 16.5. The number of likely N-dealkylation sites (N-methyl/N-ethyl adjacent to an activating group) is 1. The number of hydrogen-bond donors (Lipinski definition) is 1. The van der Waals surface area contributed by atoms with Crippen molar-refractivity contribution in [3.63, 3.8) is 0 Å². The lowest BCUT2D eigenvalue weighted by Gasteiger charge is -2.39. The van der Waals surface area contributed by atoms with E-state index < -0.39 is 5.54 Å². The van der Waals surface area contributed by atoms with E-state index in [4.69, 9.17) is 4.74 Å². The van der Waals surface area contributed by atoms with Crippen molar-refractivity contribution in [2.45, 2.75) is 77.8 Å². The Kier molecular flexibility index (Phi) is 8.27. The molecular formula is C17H34N2O2. The molecule has 21 heavy (non-hydrogen) atoms. The predicted molar refractivity (Wildman–Crippen MR) is 87.5 cm³/mol. The molecule has 1 aliphatic rings. The summed E-state index contributed by atoms with van der Waals surface area (Å²) in [5.41, 5.74) is -0.598. The fourth-order valence-corrected chi connectivity index (χ4v) is 3.24. The number of rotatable bonds is 9. The van der Waals surface area contributed by atoms with Gasteiger partial charge in [0.2, 0.25) is 0 Å². The first kappa shape index (κ1) is 18.4. The molecule has 1 saturated carbocycles. The van der Waals surface area contributed by atoms with Gasteiger partial charge in [0.15, 0.2) is 0 Å². The lowest BCUT2D eigenvalue weighted by atomic mass is 9.92. The first-order chi connectivity index (χ1) is 10.1. The second-order valence-electron chi connectivity index (χ2n) is 6.33. The zero-order valence-electron chi connectivity index (χ0n) is 14.4. The minimum atomic E-state index is -0.598. The average molecular weight is 298 g/mol. The van der Waals surface area contributed by atoms with E-state index in [1.165, 1.54) is 32.1 Å². The van der Waals surface area contributed by atoms with Crippen molar-refractivity contribution in [3.8, 4) is 0 Å².